The second-order valence-electron chi connectivity index (χ2n) is 5.68. The van der Waals surface area contributed by atoms with E-state index >= 15 is 0 Å². The molecule has 1 aromatic carbocycles. The number of anilines is 1. The highest BCUT2D eigenvalue weighted by atomic mass is 16.5. The van der Waals surface area contributed by atoms with Crippen LogP contribution in [0, 0.1) is 0 Å². The molecule has 2 heterocycles. The standard InChI is InChI=1S/C16H24N2O/c1-19-14-7-10-18(11-8-14)12-13-4-2-6-16-15(13)5-3-9-17-16/h2,4,6,14,17H,3,5,7-12H2,1H3. The van der Waals surface area contributed by atoms with E-state index < -0.39 is 0 Å². The summed E-state index contributed by atoms with van der Waals surface area (Å²) < 4.78 is 5.44. The molecule has 1 aromatic rings. The molecule has 2 aliphatic rings. The third kappa shape index (κ3) is 2.93. The summed E-state index contributed by atoms with van der Waals surface area (Å²) in [4.78, 5) is 2.57. The van der Waals surface area contributed by atoms with Crippen LogP contribution >= 0.6 is 0 Å². The highest BCUT2D eigenvalue weighted by molar-refractivity contribution is 5.56. The molecular weight excluding hydrogens is 236 g/mol. The van der Waals surface area contributed by atoms with Gasteiger partial charge in [0.2, 0.25) is 0 Å². The van der Waals surface area contributed by atoms with Crippen molar-refractivity contribution in [1.29, 1.82) is 0 Å². The minimum Gasteiger partial charge on any atom is -0.385 e. The van der Waals surface area contributed by atoms with Crippen molar-refractivity contribution in [3.63, 3.8) is 0 Å². The molecule has 3 rings (SSSR count). The first-order valence-electron chi connectivity index (χ1n) is 7.46. The molecule has 0 bridgehead atoms. The molecule has 1 N–H and O–H groups in total. The Balaban J connectivity index is 1.67. The van der Waals surface area contributed by atoms with Crippen molar-refractivity contribution in [3.05, 3.63) is 29.3 Å². The smallest absolute Gasteiger partial charge is 0.0595 e. The summed E-state index contributed by atoms with van der Waals surface area (Å²) in [6.45, 7) is 4.54. The first kappa shape index (κ1) is 12.9. The van der Waals surface area contributed by atoms with Crippen molar-refractivity contribution in [3.8, 4) is 0 Å². The summed E-state index contributed by atoms with van der Waals surface area (Å²) in [5, 5.41) is 3.52. The fourth-order valence-electron chi connectivity index (χ4n) is 3.28. The fraction of sp³-hybridized carbons (Fsp3) is 0.625. The van der Waals surface area contributed by atoms with Crippen LogP contribution in [0.25, 0.3) is 0 Å². The topological polar surface area (TPSA) is 24.5 Å². The first-order valence-corrected chi connectivity index (χ1v) is 7.46. The van der Waals surface area contributed by atoms with Gasteiger partial charge in [0.1, 0.15) is 0 Å². The van der Waals surface area contributed by atoms with Gasteiger partial charge in [-0.05, 0) is 42.9 Å². The van der Waals surface area contributed by atoms with Crippen LogP contribution in [0.5, 0.6) is 0 Å². The van der Waals surface area contributed by atoms with Crippen LogP contribution in [0.2, 0.25) is 0 Å². The van der Waals surface area contributed by atoms with Crippen LogP contribution in [0.15, 0.2) is 18.2 Å². The number of fused-ring (bicyclic) bond motifs is 1. The van der Waals surface area contributed by atoms with E-state index in [4.69, 9.17) is 4.74 Å². The predicted octanol–water partition coefficient (Wildman–Crippen LogP) is 2.66. The van der Waals surface area contributed by atoms with E-state index in [2.05, 4.69) is 28.4 Å². The van der Waals surface area contributed by atoms with Gasteiger partial charge in [0, 0.05) is 39.0 Å². The molecule has 0 aliphatic carbocycles. The number of nitrogens with zero attached hydrogens (tertiary/aromatic N) is 1. The SMILES string of the molecule is COC1CCN(Cc2cccc3c2CCCN3)CC1. The maximum absolute atomic E-state index is 5.44. The van der Waals surface area contributed by atoms with E-state index in [1.807, 2.05) is 7.11 Å². The molecule has 104 valence electrons. The molecule has 0 amide bonds. The number of benzene rings is 1. The third-order valence-corrected chi connectivity index (χ3v) is 4.45. The van der Waals surface area contributed by atoms with Crippen LogP contribution in [0.3, 0.4) is 0 Å². The summed E-state index contributed by atoms with van der Waals surface area (Å²) >= 11 is 0. The Morgan fingerprint density at radius 1 is 1.32 bits per heavy atom. The number of piperidine rings is 1. The van der Waals surface area contributed by atoms with Crippen molar-refractivity contribution in [1.82, 2.24) is 4.90 Å². The van der Waals surface area contributed by atoms with Crippen molar-refractivity contribution in [2.75, 3.05) is 32.1 Å². The Bertz CT molecular complexity index is 425. The largest absolute Gasteiger partial charge is 0.385 e. The molecule has 0 atom stereocenters. The van der Waals surface area contributed by atoms with Crippen LogP contribution in [-0.2, 0) is 17.7 Å². The van der Waals surface area contributed by atoms with Crippen molar-refractivity contribution in [2.45, 2.75) is 38.3 Å². The van der Waals surface area contributed by atoms with Gasteiger partial charge in [-0.3, -0.25) is 4.90 Å². The summed E-state index contributed by atoms with van der Waals surface area (Å²) in [7, 11) is 1.83. The number of rotatable bonds is 3. The van der Waals surface area contributed by atoms with E-state index in [-0.39, 0.29) is 0 Å². The Labute approximate surface area is 115 Å². The number of methoxy groups -OCH3 is 1. The monoisotopic (exact) mass is 260 g/mol. The van der Waals surface area contributed by atoms with Gasteiger partial charge in [-0.25, -0.2) is 0 Å². The first-order chi connectivity index (χ1) is 9.36. The van der Waals surface area contributed by atoms with Gasteiger partial charge in [0.05, 0.1) is 6.10 Å². The number of ether oxygens (including phenoxy) is 1. The maximum Gasteiger partial charge on any atom is 0.0595 e. The second kappa shape index (κ2) is 5.93. The van der Waals surface area contributed by atoms with E-state index in [1.54, 1.807) is 5.56 Å². The van der Waals surface area contributed by atoms with Gasteiger partial charge in [0.25, 0.3) is 0 Å². The number of likely N-dealkylation sites (tertiary alicyclic amines) is 1. The Kier molecular flexibility index (Phi) is 4.04. The lowest BCUT2D eigenvalue weighted by atomic mass is 9.96. The van der Waals surface area contributed by atoms with Crippen molar-refractivity contribution < 1.29 is 4.74 Å². The maximum atomic E-state index is 5.44. The summed E-state index contributed by atoms with van der Waals surface area (Å²) in [5.74, 6) is 0. The average molecular weight is 260 g/mol. The van der Waals surface area contributed by atoms with E-state index in [0.717, 1.165) is 26.2 Å². The molecule has 0 unspecified atom stereocenters. The van der Waals surface area contributed by atoms with Crippen molar-refractivity contribution in [2.24, 2.45) is 0 Å². The lowest BCUT2D eigenvalue weighted by Crippen LogP contribution is -2.36. The zero-order chi connectivity index (χ0) is 13.1. The lowest BCUT2D eigenvalue weighted by Gasteiger charge is -2.32. The molecule has 0 saturated carbocycles. The molecule has 0 spiro atoms. The number of hydrogen-bond acceptors (Lipinski definition) is 3. The minimum atomic E-state index is 0.475. The van der Waals surface area contributed by atoms with E-state index in [1.165, 1.54) is 36.9 Å². The zero-order valence-corrected chi connectivity index (χ0v) is 11.8. The van der Waals surface area contributed by atoms with Gasteiger partial charge >= 0.3 is 0 Å². The third-order valence-electron chi connectivity index (χ3n) is 4.45. The predicted molar refractivity (Wildman–Crippen MR) is 78.6 cm³/mol. The number of hydrogen-bond donors (Lipinski definition) is 1. The normalized spacial score (nSPS) is 20.9. The molecule has 1 saturated heterocycles. The molecule has 19 heavy (non-hydrogen) atoms. The number of nitrogens with one attached hydrogen (secondary N) is 1. The Morgan fingerprint density at radius 2 is 2.16 bits per heavy atom. The minimum absolute atomic E-state index is 0.475. The lowest BCUT2D eigenvalue weighted by molar-refractivity contribution is 0.0388. The van der Waals surface area contributed by atoms with Gasteiger partial charge < -0.3 is 10.1 Å². The highest BCUT2D eigenvalue weighted by Crippen LogP contribution is 2.27. The quantitative estimate of drug-likeness (QED) is 0.904. The van der Waals surface area contributed by atoms with Gasteiger partial charge in [-0.2, -0.15) is 0 Å². The summed E-state index contributed by atoms with van der Waals surface area (Å²) in [5.41, 5.74) is 4.42. The molecule has 3 nitrogen and oxygen atoms in total. The molecule has 3 heteroatoms. The van der Waals surface area contributed by atoms with Gasteiger partial charge in [-0.15, -0.1) is 0 Å². The van der Waals surface area contributed by atoms with Crippen LogP contribution in [-0.4, -0.2) is 37.7 Å². The second-order valence-corrected chi connectivity index (χ2v) is 5.68. The molecule has 1 fully saturated rings. The van der Waals surface area contributed by atoms with E-state index in [9.17, 15) is 0 Å². The molecule has 0 aromatic heterocycles. The molecule has 2 aliphatic heterocycles. The fourth-order valence-corrected chi connectivity index (χ4v) is 3.28. The molecule has 0 radical (unpaired) electrons. The van der Waals surface area contributed by atoms with Crippen LogP contribution in [0.1, 0.15) is 30.4 Å². The highest BCUT2D eigenvalue weighted by Gasteiger charge is 2.20. The summed E-state index contributed by atoms with van der Waals surface area (Å²) in [6, 6.07) is 6.71. The Morgan fingerprint density at radius 3 is 2.95 bits per heavy atom. The van der Waals surface area contributed by atoms with Crippen molar-refractivity contribution >= 4 is 5.69 Å². The summed E-state index contributed by atoms with van der Waals surface area (Å²) in [6.07, 6.45) is 5.30. The Hall–Kier alpha value is -1.06. The van der Waals surface area contributed by atoms with Crippen LogP contribution in [0.4, 0.5) is 5.69 Å². The van der Waals surface area contributed by atoms with Gasteiger partial charge in [0.15, 0.2) is 0 Å². The average Bonchev–Trinajstić information content (AvgIpc) is 2.48. The zero-order valence-electron chi connectivity index (χ0n) is 11.8. The van der Waals surface area contributed by atoms with Gasteiger partial charge in [-0.1, -0.05) is 12.1 Å². The van der Waals surface area contributed by atoms with Crippen LogP contribution < -0.4 is 5.32 Å². The van der Waals surface area contributed by atoms with E-state index in [0.29, 0.717) is 6.10 Å². The molecular formula is C16H24N2O.